The predicted molar refractivity (Wildman–Crippen MR) is 113 cm³/mol. The number of aromatic nitrogens is 1. The summed E-state index contributed by atoms with van der Waals surface area (Å²) in [5.41, 5.74) is 0.809. The van der Waals surface area contributed by atoms with E-state index in [1.165, 1.54) is 0 Å². The van der Waals surface area contributed by atoms with E-state index in [1.54, 1.807) is 0 Å². The van der Waals surface area contributed by atoms with E-state index in [2.05, 4.69) is 9.88 Å². The van der Waals surface area contributed by atoms with Crippen molar-refractivity contribution in [2.75, 3.05) is 20.6 Å². The fraction of sp³-hybridized carbons (Fsp3) is 0.524. The number of benzene rings is 1. The fourth-order valence-electron chi connectivity index (χ4n) is 4.01. The zero-order valence-electron chi connectivity index (χ0n) is 17.0. The van der Waals surface area contributed by atoms with Crippen LogP contribution in [0.1, 0.15) is 37.9 Å². The van der Waals surface area contributed by atoms with Crippen molar-refractivity contribution < 1.29 is 19.8 Å². The van der Waals surface area contributed by atoms with Gasteiger partial charge in [0.1, 0.15) is 0 Å². The van der Waals surface area contributed by atoms with Gasteiger partial charge in [0.25, 0.3) is 0 Å². The first-order valence-corrected chi connectivity index (χ1v) is 9.47. The van der Waals surface area contributed by atoms with Crippen molar-refractivity contribution in [3.63, 3.8) is 0 Å². The van der Waals surface area contributed by atoms with Crippen molar-refractivity contribution in [2.45, 2.75) is 39.5 Å². The first-order valence-electron chi connectivity index (χ1n) is 9.47. The number of para-hydroxylation sites is 1. The minimum absolute atomic E-state index is 0. The summed E-state index contributed by atoms with van der Waals surface area (Å²) < 4.78 is 0. The summed E-state index contributed by atoms with van der Waals surface area (Å²) in [6.45, 7) is 4.51. The standard InChI is InChI=1S/C21H30N2O4.ClH/c1-5-14(6-2)21(19(24)25,20(26)27)13-16-15-9-7-8-10-17(15)22-18(16)11-12-23(3)4;/h7-10,14,22H,5-6,11-13H2,1-4H3,(H,24,25)(H,26,27);1H. The second-order valence-electron chi connectivity index (χ2n) is 7.45. The Morgan fingerprint density at radius 3 is 2.18 bits per heavy atom. The largest absolute Gasteiger partial charge is 0.480 e. The van der Waals surface area contributed by atoms with Crippen molar-refractivity contribution in [1.82, 2.24) is 9.88 Å². The first-order chi connectivity index (χ1) is 12.8. The molecule has 2 rings (SSSR count). The van der Waals surface area contributed by atoms with Gasteiger partial charge in [0.2, 0.25) is 0 Å². The van der Waals surface area contributed by atoms with Crippen LogP contribution in [-0.2, 0) is 22.4 Å². The number of rotatable bonds is 10. The minimum atomic E-state index is -1.83. The van der Waals surface area contributed by atoms with Crippen LogP contribution in [0.5, 0.6) is 0 Å². The maximum Gasteiger partial charge on any atom is 0.321 e. The summed E-state index contributed by atoms with van der Waals surface area (Å²) in [4.78, 5) is 30.0. The van der Waals surface area contributed by atoms with Crippen LogP contribution in [0.25, 0.3) is 10.9 Å². The number of hydrogen-bond acceptors (Lipinski definition) is 3. The Morgan fingerprint density at radius 1 is 1.11 bits per heavy atom. The smallest absolute Gasteiger partial charge is 0.321 e. The van der Waals surface area contributed by atoms with E-state index in [4.69, 9.17) is 0 Å². The first kappa shape index (κ1) is 24.0. The number of halogens is 1. The molecule has 3 N–H and O–H groups in total. The zero-order chi connectivity index (χ0) is 20.2. The summed E-state index contributed by atoms with van der Waals surface area (Å²) in [7, 11) is 3.95. The average Bonchev–Trinajstić information content (AvgIpc) is 2.96. The van der Waals surface area contributed by atoms with Crippen LogP contribution >= 0.6 is 12.4 Å². The van der Waals surface area contributed by atoms with Crippen LogP contribution < -0.4 is 0 Å². The number of aliphatic carboxylic acids is 2. The highest BCUT2D eigenvalue weighted by Crippen LogP contribution is 2.40. The summed E-state index contributed by atoms with van der Waals surface area (Å²) >= 11 is 0. The molecule has 0 saturated carbocycles. The van der Waals surface area contributed by atoms with Gasteiger partial charge in [-0.2, -0.15) is 0 Å². The lowest BCUT2D eigenvalue weighted by atomic mass is 9.68. The van der Waals surface area contributed by atoms with E-state index in [0.29, 0.717) is 19.3 Å². The molecule has 0 fully saturated rings. The van der Waals surface area contributed by atoms with E-state index in [0.717, 1.165) is 28.7 Å². The van der Waals surface area contributed by atoms with E-state index in [9.17, 15) is 19.8 Å². The maximum atomic E-state index is 12.3. The summed E-state index contributed by atoms with van der Waals surface area (Å²) in [6.07, 6.45) is 1.70. The lowest BCUT2D eigenvalue weighted by molar-refractivity contribution is -0.169. The number of aromatic amines is 1. The molecule has 1 heterocycles. The number of nitrogens with zero attached hydrogens (tertiary/aromatic N) is 1. The Labute approximate surface area is 172 Å². The van der Waals surface area contributed by atoms with Crippen molar-refractivity contribution in [1.29, 1.82) is 0 Å². The van der Waals surface area contributed by atoms with Gasteiger partial charge in [-0.25, -0.2) is 0 Å². The Bertz CT molecular complexity index is 798. The van der Waals surface area contributed by atoms with Gasteiger partial charge in [-0.15, -0.1) is 12.4 Å². The number of nitrogens with one attached hydrogen (secondary N) is 1. The number of likely N-dealkylation sites (N-methyl/N-ethyl adjacent to an activating group) is 1. The Morgan fingerprint density at radius 2 is 1.68 bits per heavy atom. The normalized spacial score (nSPS) is 11.8. The number of fused-ring (bicyclic) bond motifs is 1. The molecule has 0 radical (unpaired) electrons. The molecule has 0 aliphatic carbocycles. The van der Waals surface area contributed by atoms with Crippen LogP contribution in [0.15, 0.2) is 24.3 Å². The van der Waals surface area contributed by atoms with Crippen LogP contribution in [0.2, 0.25) is 0 Å². The summed E-state index contributed by atoms with van der Waals surface area (Å²) in [5.74, 6) is -2.96. The highest BCUT2D eigenvalue weighted by molar-refractivity contribution is 6.00. The number of carboxylic acids is 2. The van der Waals surface area contributed by atoms with Gasteiger partial charge in [-0.1, -0.05) is 44.9 Å². The van der Waals surface area contributed by atoms with Crippen LogP contribution in [0, 0.1) is 11.3 Å². The molecule has 7 heteroatoms. The number of H-pyrrole nitrogens is 1. The summed E-state index contributed by atoms with van der Waals surface area (Å²) in [5, 5.41) is 20.9. The molecule has 0 bridgehead atoms. The minimum Gasteiger partial charge on any atom is -0.480 e. The molecule has 0 spiro atoms. The second kappa shape index (κ2) is 9.94. The lowest BCUT2D eigenvalue weighted by Gasteiger charge is -2.32. The molecule has 28 heavy (non-hydrogen) atoms. The molecule has 0 aliphatic rings. The molecule has 156 valence electrons. The van der Waals surface area contributed by atoms with E-state index >= 15 is 0 Å². The van der Waals surface area contributed by atoms with Crippen molar-refractivity contribution in [2.24, 2.45) is 11.3 Å². The van der Waals surface area contributed by atoms with Crippen LogP contribution in [-0.4, -0.2) is 52.7 Å². The molecule has 6 nitrogen and oxygen atoms in total. The second-order valence-corrected chi connectivity index (χ2v) is 7.45. The van der Waals surface area contributed by atoms with Gasteiger partial charge in [0.05, 0.1) is 0 Å². The topological polar surface area (TPSA) is 93.6 Å². The molecule has 2 aromatic rings. The molecule has 1 aromatic heterocycles. The zero-order valence-corrected chi connectivity index (χ0v) is 17.8. The van der Waals surface area contributed by atoms with Gasteiger partial charge in [-0.05, 0) is 31.6 Å². The third-order valence-corrected chi connectivity index (χ3v) is 5.61. The maximum absolute atomic E-state index is 12.3. The van der Waals surface area contributed by atoms with E-state index < -0.39 is 23.3 Å². The van der Waals surface area contributed by atoms with E-state index in [-0.39, 0.29) is 18.8 Å². The molecule has 0 saturated heterocycles. The molecule has 0 atom stereocenters. The highest BCUT2D eigenvalue weighted by Gasteiger charge is 2.52. The highest BCUT2D eigenvalue weighted by atomic mass is 35.5. The summed E-state index contributed by atoms with van der Waals surface area (Å²) in [6, 6.07) is 7.69. The van der Waals surface area contributed by atoms with Gasteiger partial charge >= 0.3 is 11.9 Å². The van der Waals surface area contributed by atoms with Gasteiger partial charge in [-0.3, -0.25) is 9.59 Å². The van der Waals surface area contributed by atoms with Crippen LogP contribution in [0.4, 0.5) is 0 Å². The SMILES string of the molecule is CCC(CC)C(Cc1c(CCN(C)C)[nH]c2ccccc12)(C(=O)O)C(=O)O.Cl. The molecule has 0 amide bonds. The molecular formula is C21H31ClN2O4. The predicted octanol–water partition coefficient (Wildman–Crippen LogP) is 3.83. The van der Waals surface area contributed by atoms with Crippen molar-refractivity contribution >= 4 is 35.2 Å². The van der Waals surface area contributed by atoms with E-state index in [1.807, 2.05) is 52.2 Å². The quantitative estimate of drug-likeness (QED) is 0.517. The molecule has 0 aliphatic heterocycles. The Hall–Kier alpha value is -2.05. The fourth-order valence-corrected chi connectivity index (χ4v) is 4.01. The Kier molecular flexibility index (Phi) is 8.51. The molecule has 1 aromatic carbocycles. The molecule has 0 unspecified atom stereocenters. The van der Waals surface area contributed by atoms with Crippen molar-refractivity contribution in [3.05, 3.63) is 35.5 Å². The van der Waals surface area contributed by atoms with Gasteiger partial charge < -0.3 is 20.1 Å². The van der Waals surface area contributed by atoms with Gasteiger partial charge in [0.15, 0.2) is 5.41 Å². The Balaban J connectivity index is 0.00000392. The van der Waals surface area contributed by atoms with Crippen molar-refractivity contribution in [3.8, 4) is 0 Å². The number of carboxylic acid groups (broad SMARTS) is 2. The monoisotopic (exact) mass is 410 g/mol. The average molecular weight is 411 g/mol. The lowest BCUT2D eigenvalue weighted by Crippen LogP contribution is -2.47. The van der Waals surface area contributed by atoms with Crippen LogP contribution in [0.3, 0.4) is 0 Å². The molecular weight excluding hydrogens is 380 g/mol. The number of hydrogen-bond donors (Lipinski definition) is 3. The van der Waals surface area contributed by atoms with Gasteiger partial charge in [0, 0.05) is 36.0 Å². The third-order valence-electron chi connectivity index (χ3n) is 5.61. The third kappa shape index (κ3) is 4.50. The number of carbonyl (C=O) groups is 2.